The molecule has 5 rings (SSSR count). The van der Waals surface area contributed by atoms with Gasteiger partial charge in [0.05, 0.1) is 17.6 Å². The highest BCUT2D eigenvalue weighted by atomic mass is 79.9. The van der Waals surface area contributed by atoms with Gasteiger partial charge in [0.1, 0.15) is 11.9 Å². The molecule has 0 bridgehead atoms. The molecule has 1 N–H and O–H groups in total. The molecule has 0 spiro atoms. The van der Waals surface area contributed by atoms with Crippen LogP contribution in [0.5, 0.6) is 0 Å². The Kier molecular flexibility index (Phi) is 5.34. The summed E-state index contributed by atoms with van der Waals surface area (Å²) in [7, 11) is 0. The summed E-state index contributed by atoms with van der Waals surface area (Å²) in [4.78, 5) is 41.7. The Bertz CT molecular complexity index is 1280. The van der Waals surface area contributed by atoms with E-state index in [1.165, 1.54) is 17.1 Å². The van der Waals surface area contributed by atoms with Crippen molar-refractivity contribution in [2.24, 2.45) is 5.92 Å². The van der Waals surface area contributed by atoms with Gasteiger partial charge in [0.2, 0.25) is 5.91 Å². The maximum atomic E-state index is 13.6. The fourth-order valence-corrected chi connectivity index (χ4v) is 4.90. The minimum absolute atomic E-state index is 0.365. The van der Waals surface area contributed by atoms with E-state index in [1.54, 1.807) is 54.6 Å². The Labute approximate surface area is 198 Å². The Morgan fingerprint density at radius 1 is 0.970 bits per heavy atom. The molecule has 8 heteroatoms. The molecule has 0 saturated carbocycles. The van der Waals surface area contributed by atoms with E-state index in [9.17, 15) is 18.8 Å². The summed E-state index contributed by atoms with van der Waals surface area (Å²) in [5.74, 6) is -2.56. The van der Waals surface area contributed by atoms with Crippen LogP contribution < -0.4 is 10.3 Å². The quantitative estimate of drug-likeness (QED) is 0.540. The van der Waals surface area contributed by atoms with Crippen molar-refractivity contribution in [2.75, 3.05) is 4.90 Å². The zero-order valence-corrected chi connectivity index (χ0v) is 19.1. The summed E-state index contributed by atoms with van der Waals surface area (Å²) in [6.45, 7) is 1.88. The van der Waals surface area contributed by atoms with Gasteiger partial charge in [0.25, 0.3) is 11.8 Å². The van der Waals surface area contributed by atoms with Crippen LogP contribution >= 0.6 is 15.9 Å². The lowest BCUT2D eigenvalue weighted by atomic mass is 9.91. The SMILES string of the molecule is Cc1cccc(N2C(=O)[C@@H]3[C@H](c4ccc(F)cc4)NN(C(=O)c4cccc(Br)c4)[C@H]3C2=O)c1. The molecule has 0 radical (unpaired) electrons. The molecule has 3 atom stereocenters. The number of carbonyl (C=O) groups is 3. The molecular formula is C25H19BrFN3O3. The van der Waals surface area contributed by atoms with Gasteiger partial charge in [-0.3, -0.25) is 19.4 Å². The first-order valence-electron chi connectivity index (χ1n) is 10.4. The zero-order chi connectivity index (χ0) is 23.3. The molecule has 3 amide bonds. The highest BCUT2D eigenvalue weighted by molar-refractivity contribution is 9.10. The van der Waals surface area contributed by atoms with Crippen LogP contribution in [0, 0.1) is 18.7 Å². The molecule has 166 valence electrons. The molecule has 2 aliphatic heterocycles. The summed E-state index contributed by atoms with van der Waals surface area (Å²) in [6.07, 6.45) is 0. The van der Waals surface area contributed by atoms with Crippen molar-refractivity contribution >= 4 is 39.3 Å². The minimum atomic E-state index is -1.03. The predicted octanol–water partition coefficient (Wildman–Crippen LogP) is 4.16. The molecule has 2 fully saturated rings. The second kappa shape index (κ2) is 8.20. The first-order chi connectivity index (χ1) is 15.8. The van der Waals surface area contributed by atoms with Gasteiger partial charge in [-0.1, -0.05) is 46.3 Å². The van der Waals surface area contributed by atoms with Crippen molar-refractivity contribution in [1.29, 1.82) is 0 Å². The highest BCUT2D eigenvalue weighted by Gasteiger charge is 2.60. The molecule has 0 aromatic heterocycles. The number of rotatable bonds is 3. The van der Waals surface area contributed by atoms with Gasteiger partial charge in [0.15, 0.2) is 0 Å². The lowest BCUT2D eigenvalue weighted by Crippen LogP contribution is -2.48. The fraction of sp³-hybridized carbons (Fsp3) is 0.160. The standard InChI is InChI=1S/C25H19BrFN3O3/c1-14-4-2-7-19(12-14)29-24(32)20-21(15-8-10-18(27)11-9-15)28-30(22(20)25(29)33)23(31)16-5-3-6-17(26)13-16/h2-13,20-22,28H,1H3/t20-,21+,22-/m1/s1. The van der Waals surface area contributed by atoms with Gasteiger partial charge in [0, 0.05) is 10.0 Å². The van der Waals surface area contributed by atoms with E-state index in [0.717, 1.165) is 14.9 Å². The molecule has 33 heavy (non-hydrogen) atoms. The Morgan fingerprint density at radius 3 is 2.39 bits per heavy atom. The smallest absolute Gasteiger partial charge is 0.268 e. The van der Waals surface area contributed by atoms with Crippen LogP contribution in [0.3, 0.4) is 0 Å². The van der Waals surface area contributed by atoms with Gasteiger partial charge in [-0.05, 0) is 60.5 Å². The van der Waals surface area contributed by atoms with Crippen molar-refractivity contribution in [1.82, 2.24) is 10.4 Å². The number of imide groups is 1. The second-order valence-corrected chi connectivity index (χ2v) is 9.08. The normalized spacial score (nSPS) is 22.1. The largest absolute Gasteiger partial charge is 0.274 e. The molecule has 0 unspecified atom stereocenters. The average Bonchev–Trinajstić information content (AvgIpc) is 3.30. The fourth-order valence-electron chi connectivity index (χ4n) is 4.50. The maximum absolute atomic E-state index is 13.6. The van der Waals surface area contributed by atoms with Crippen LogP contribution in [-0.4, -0.2) is 28.8 Å². The number of amides is 3. The van der Waals surface area contributed by atoms with E-state index in [-0.39, 0.29) is 0 Å². The van der Waals surface area contributed by atoms with Crippen molar-refractivity contribution in [3.8, 4) is 0 Å². The number of aryl methyl sites for hydroxylation is 1. The van der Waals surface area contributed by atoms with Crippen molar-refractivity contribution < 1.29 is 18.8 Å². The van der Waals surface area contributed by atoms with Crippen LogP contribution in [0.1, 0.15) is 27.5 Å². The Balaban J connectivity index is 1.59. The summed E-state index contributed by atoms with van der Waals surface area (Å²) in [6, 6.07) is 18.0. The predicted molar refractivity (Wildman–Crippen MR) is 124 cm³/mol. The van der Waals surface area contributed by atoms with Crippen LogP contribution in [0.2, 0.25) is 0 Å². The molecule has 0 aliphatic carbocycles. The molecular weight excluding hydrogens is 489 g/mol. The maximum Gasteiger partial charge on any atom is 0.268 e. The highest BCUT2D eigenvalue weighted by Crippen LogP contribution is 2.42. The number of fused-ring (bicyclic) bond motifs is 1. The van der Waals surface area contributed by atoms with Gasteiger partial charge in [-0.25, -0.2) is 14.7 Å². The second-order valence-electron chi connectivity index (χ2n) is 8.17. The molecule has 3 aromatic carbocycles. The molecule has 3 aromatic rings. The lowest BCUT2D eigenvalue weighted by Gasteiger charge is -2.25. The van der Waals surface area contributed by atoms with E-state index in [4.69, 9.17) is 0 Å². The third kappa shape index (κ3) is 3.65. The third-order valence-electron chi connectivity index (χ3n) is 6.01. The van der Waals surface area contributed by atoms with Crippen LogP contribution in [0.4, 0.5) is 10.1 Å². The third-order valence-corrected chi connectivity index (χ3v) is 6.51. The number of hydrogen-bond donors (Lipinski definition) is 1. The summed E-state index contributed by atoms with van der Waals surface area (Å²) < 4.78 is 14.3. The number of benzene rings is 3. The number of halogens is 2. The summed E-state index contributed by atoms with van der Waals surface area (Å²) >= 11 is 3.36. The zero-order valence-electron chi connectivity index (χ0n) is 17.5. The van der Waals surface area contributed by atoms with Crippen molar-refractivity contribution in [2.45, 2.75) is 19.0 Å². The van der Waals surface area contributed by atoms with Crippen molar-refractivity contribution in [3.63, 3.8) is 0 Å². The number of nitrogens with zero attached hydrogens (tertiary/aromatic N) is 2. The first kappa shape index (κ1) is 21.5. The monoisotopic (exact) mass is 507 g/mol. The summed E-state index contributed by atoms with van der Waals surface area (Å²) in [5, 5.41) is 1.25. The molecule has 2 aliphatic rings. The van der Waals surface area contributed by atoms with Crippen LogP contribution in [0.15, 0.2) is 77.3 Å². The van der Waals surface area contributed by atoms with Gasteiger partial charge in [-0.15, -0.1) is 0 Å². The van der Waals surface area contributed by atoms with E-state index in [1.807, 2.05) is 13.0 Å². The Hall–Kier alpha value is -3.36. The number of anilines is 1. The first-order valence-corrected chi connectivity index (χ1v) is 11.2. The van der Waals surface area contributed by atoms with Gasteiger partial charge < -0.3 is 0 Å². The lowest BCUT2D eigenvalue weighted by molar-refractivity contribution is -0.123. The topological polar surface area (TPSA) is 69.7 Å². The number of hydrazine groups is 1. The van der Waals surface area contributed by atoms with E-state index in [2.05, 4.69) is 21.4 Å². The van der Waals surface area contributed by atoms with Crippen LogP contribution in [-0.2, 0) is 9.59 Å². The van der Waals surface area contributed by atoms with Crippen molar-refractivity contribution in [3.05, 3.63) is 99.8 Å². The van der Waals surface area contributed by atoms with E-state index in [0.29, 0.717) is 16.8 Å². The number of carbonyl (C=O) groups excluding carboxylic acids is 3. The molecule has 2 saturated heterocycles. The average molecular weight is 508 g/mol. The summed E-state index contributed by atoms with van der Waals surface area (Å²) in [5.41, 5.74) is 5.42. The van der Waals surface area contributed by atoms with Gasteiger partial charge in [-0.2, -0.15) is 0 Å². The number of hydrogen-bond acceptors (Lipinski definition) is 4. The minimum Gasteiger partial charge on any atom is -0.274 e. The molecule has 6 nitrogen and oxygen atoms in total. The van der Waals surface area contributed by atoms with E-state index < -0.39 is 41.5 Å². The molecule has 2 heterocycles. The number of nitrogens with one attached hydrogen (secondary N) is 1. The van der Waals surface area contributed by atoms with Crippen LogP contribution in [0.25, 0.3) is 0 Å². The van der Waals surface area contributed by atoms with E-state index >= 15 is 0 Å². The van der Waals surface area contributed by atoms with Gasteiger partial charge >= 0.3 is 0 Å². The Morgan fingerprint density at radius 2 is 1.70 bits per heavy atom.